The number of carbonyl (C=O) groups excluding carboxylic acids is 2. The lowest BCUT2D eigenvalue weighted by Crippen LogP contribution is -2.43. The monoisotopic (exact) mass is 541 g/mol. The van der Waals surface area contributed by atoms with Gasteiger partial charge in [-0.05, 0) is 43.2 Å². The zero-order valence-corrected chi connectivity index (χ0v) is 22.5. The average molecular weight is 542 g/mol. The number of unbranched alkanes of at least 4 members (excludes halogenated alkanes) is 1. The summed E-state index contributed by atoms with van der Waals surface area (Å²) in [6, 6.07) is 20.1. The predicted octanol–water partition coefficient (Wildman–Crippen LogP) is 5.48. The predicted molar refractivity (Wildman–Crippen MR) is 152 cm³/mol. The summed E-state index contributed by atoms with van der Waals surface area (Å²) < 4.78 is 5.72. The molecule has 0 fully saturated rings. The Morgan fingerprint density at radius 1 is 0.950 bits per heavy atom. The smallest absolute Gasteiger partial charge is 0.269 e. The fourth-order valence-electron chi connectivity index (χ4n) is 4.41. The minimum absolute atomic E-state index is 0.00723. The summed E-state index contributed by atoms with van der Waals surface area (Å²) in [6.45, 7) is 4.25. The number of hydrogen-bond acceptors (Lipinski definition) is 6. The third-order valence-electron chi connectivity index (χ3n) is 6.65. The van der Waals surface area contributed by atoms with Gasteiger partial charge in [0, 0.05) is 30.8 Å². The van der Waals surface area contributed by atoms with Gasteiger partial charge in [0.15, 0.2) is 5.43 Å². The Labute approximate surface area is 231 Å². The first-order chi connectivity index (χ1) is 19.3. The van der Waals surface area contributed by atoms with Gasteiger partial charge in [0.2, 0.25) is 5.91 Å². The molecule has 0 spiro atoms. The maximum Gasteiger partial charge on any atom is 0.269 e. The van der Waals surface area contributed by atoms with E-state index < -0.39 is 10.8 Å². The molecule has 0 radical (unpaired) electrons. The second kappa shape index (κ2) is 12.8. The van der Waals surface area contributed by atoms with Crippen LogP contribution >= 0.6 is 0 Å². The van der Waals surface area contributed by atoms with E-state index in [1.165, 1.54) is 35.4 Å². The number of benzene rings is 3. The first-order valence-corrected chi connectivity index (χ1v) is 13.1. The minimum Gasteiger partial charge on any atom is -0.464 e. The van der Waals surface area contributed by atoms with Crippen molar-refractivity contribution in [3.8, 4) is 0 Å². The lowest BCUT2D eigenvalue weighted by Gasteiger charge is -2.28. The van der Waals surface area contributed by atoms with E-state index in [0.717, 1.165) is 17.5 Å². The van der Waals surface area contributed by atoms with Gasteiger partial charge < -0.3 is 14.2 Å². The van der Waals surface area contributed by atoms with Crippen molar-refractivity contribution < 1.29 is 18.9 Å². The molecule has 0 aliphatic rings. The van der Waals surface area contributed by atoms with E-state index in [0.29, 0.717) is 29.5 Å². The highest BCUT2D eigenvalue weighted by atomic mass is 16.6. The van der Waals surface area contributed by atoms with Crippen LogP contribution in [0.3, 0.4) is 0 Å². The third-order valence-corrected chi connectivity index (χ3v) is 6.65. The molecular formula is C31H31N3O6. The summed E-state index contributed by atoms with van der Waals surface area (Å²) in [4.78, 5) is 53.9. The average Bonchev–Trinajstić information content (AvgIpc) is 2.96. The Morgan fingerprint density at radius 3 is 2.35 bits per heavy atom. The van der Waals surface area contributed by atoms with Crippen molar-refractivity contribution in [1.29, 1.82) is 0 Å². The summed E-state index contributed by atoms with van der Waals surface area (Å²) in [5.41, 5.74) is 2.54. The van der Waals surface area contributed by atoms with Crippen LogP contribution in [0, 0.1) is 17.0 Å². The van der Waals surface area contributed by atoms with Crippen molar-refractivity contribution in [2.24, 2.45) is 0 Å². The molecule has 0 bridgehead atoms. The molecule has 9 nitrogen and oxygen atoms in total. The molecule has 0 atom stereocenters. The molecule has 1 aromatic heterocycles. The van der Waals surface area contributed by atoms with Crippen molar-refractivity contribution >= 4 is 28.5 Å². The van der Waals surface area contributed by atoms with E-state index in [-0.39, 0.29) is 42.2 Å². The first-order valence-electron chi connectivity index (χ1n) is 13.1. The van der Waals surface area contributed by atoms with Crippen LogP contribution in [0.15, 0.2) is 88.3 Å². The van der Waals surface area contributed by atoms with Gasteiger partial charge in [0.1, 0.15) is 12.1 Å². The molecule has 4 rings (SSSR count). The number of amides is 2. The Morgan fingerprint density at radius 2 is 1.68 bits per heavy atom. The number of nitro groups is 1. The fourth-order valence-corrected chi connectivity index (χ4v) is 4.41. The van der Waals surface area contributed by atoms with Crippen LogP contribution in [-0.2, 0) is 17.9 Å². The van der Waals surface area contributed by atoms with Crippen LogP contribution in [0.1, 0.15) is 46.8 Å². The molecule has 4 aromatic rings. The van der Waals surface area contributed by atoms with Gasteiger partial charge in [-0.1, -0.05) is 55.3 Å². The van der Waals surface area contributed by atoms with E-state index in [9.17, 15) is 24.5 Å². The Hall–Kier alpha value is -4.79. The molecule has 2 amide bonds. The van der Waals surface area contributed by atoms with E-state index in [4.69, 9.17) is 4.42 Å². The molecule has 40 heavy (non-hydrogen) atoms. The fraction of sp³-hybridized carbons (Fsp3) is 0.258. The number of nitrogens with zero attached hydrogens (tertiary/aromatic N) is 3. The summed E-state index contributed by atoms with van der Waals surface area (Å²) in [6.07, 6.45) is 2.88. The topological polar surface area (TPSA) is 114 Å². The van der Waals surface area contributed by atoms with E-state index in [1.54, 1.807) is 17.0 Å². The lowest BCUT2D eigenvalue weighted by atomic mass is 10.1. The van der Waals surface area contributed by atoms with Crippen LogP contribution in [0.4, 0.5) is 5.69 Å². The second-order valence-corrected chi connectivity index (χ2v) is 9.71. The molecule has 0 unspecified atom stereocenters. The van der Waals surface area contributed by atoms with Gasteiger partial charge >= 0.3 is 0 Å². The maximum absolute atomic E-state index is 13.7. The molecule has 0 N–H and O–H groups in total. The minimum atomic E-state index is -0.529. The SMILES string of the molecule is CCCCN(CC(=O)N(Cc1ccccc1)Cc1coc2ccc(C)cc2c1=O)C(=O)c1ccc([N+](=O)[O-])cc1. The largest absolute Gasteiger partial charge is 0.464 e. The first kappa shape index (κ1) is 28.2. The zero-order valence-electron chi connectivity index (χ0n) is 22.5. The standard InChI is InChI=1S/C31H31N3O6/c1-3-4-16-32(31(37)24-11-13-26(14-12-24)34(38)39)20-29(35)33(18-23-8-6-5-7-9-23)19-25-21-40-28-15-10-22(2)17-27(28)30(25)36/h5-15,17,21H,3-4,16,18-20H2,1-2H3. The quantitative estimate of drug-likeness (QED) is 0.183. The van der Waals surface area contributed by atoms with Gasteiger partial charge in [-0.3, -0.25) is 24.5 Å². The molecule has 206 valence electrons. The normalized spacial score (nSPS) is 10.8. The number of fused-ring (bicyclic) bond motifs is 1. The Balaban J connectivity index is 1.62. The van der Waals surface area contributed by atoms with Crippen molar-refractivity contribution in [2.45, 2.75) is 39.8 Å². The van der Waals surface area contributed by atoms with Crippen LogP contribution in [0.25, 0.3) is 11.0 Å². The van der Waals surface area contributed by atoms with Crippen LogP contribution in [0.2, 0.25) is 0 Å². The lowest BCUT2D eigenvalue weighted by molar-refractivity contribution is -0.384. The Bertz CT molecular complexity index is 1560. The van der Waals surface area contributed by atoms with E-state index in [1.807, 2.05) is 50.2 Å². The van der Waals surface area contributed by atoms with E-state index >= 15 is 0 Å². The highest BCUT2D eigenvalue weighted by Gasteiger charge is 2.24. The summed E-state index contributed by atoms with van der Waals surface area (Å²) in [5.74, 6) is -0.726. The molecule has 0 saturated heterocycles. The molecule has 0 aliphatic carbocycles. The van der Waals surface area contributed by atoms with Crippen molar-refractivity contribution in [3.63, 3.8) is 0 Å². The molecule has 0 saturated carbocycles. The highest BCUT2D eigenvalue weighted by Crippen LogP contribution is 2.17. The number of carbonyl (C=O) groups is 2. The van der Waals surface area contributed by atoms with Crippen LogP contribution in [0.5, 0.6) is 0 Å². The van der Waals surface area contributed by atoms with Crippen molar-refractivity contribution in [3.05, 3.63) is 122 Å². The summed E-state index contributed by atoms with van der Waals surface area (Å²) >= 11 is 0. The summed E-state index contributed by atoms with van der Waals surface area (Å²) in [5, 5.41) is 11.5. The molecule has 1 heterocycles. The second-order valence-electron chi connectivity index (χ2n) is 9.71. The van der Waals surface area contributed by atoms with Crippen molar-refractivity contribution in [2.75, 3.05) is 13.1 Å². The number of rotatable bonds is 11. The number of hydrogen-bond donors (Lipinski definition) is 0. The third kappa shape index (κ3) is 6.79. The van der Waals surface area contributed by atoms with Crippen LogP contribution in [-0.4, -0.2) is 39.6 Å². The molecular weight excluding hydrogens is 510 g/mol. The summed E-state index contributed by atoms with van der Waals surface area (Å²) in [7, 11) is 0. The van der Waals surface area contributed by atoms with Gasteiger partial charge in [-0.15, -0.1) is 0 Å². The number of aryl methyl sites for hydroxylation is 1. The van der Waals surface area contributed by atoms with Gasteiger partial charge in [0.05, 0.1) is 28.7 Å². The molecule has 9 heteroatoms. The molecule has 0 aliphatic heterocycles. The number of non-ortho nitro benzene ring substituents is 1. The van der Waals surface area contributed by atoms with Crippen molar-refractivity contribution in [1.82, 2.24) is 9.80 Å². The zero-order chi connectivity index (χ0) is 28.6. The Kier molecular flexibility index (Phi) is 9.06. The maximum atomic E-state index is 13.7. The van der Waals surface area contributed by atoms with Gasteiger partial charge in [-0.25, -0.2) is 0 Å². The number of nitro benzene ring substituents is 1. The van der Waals surface area contributed by atoms with Crippen LogP contribution < -0.4 is 5.43 Å². The highest BCUT2D eigenvalue weighted by molar-refractivity contribution is 5.96. The molecule has 3 aromatic carbocycles. The van der Waals surface area contributed by atoms with Gasteiger partial charge in [0.25, 0.3) is 11.6 Å². The van der Waals surface area contributed by atoms with Gasteiger partial charge in [-0.2, -0.15) is 0 Å². The van der Waals surface area contributed by atoms with E-state index in [2.05, 4.69) is 0 Å².